The molecule has 0 aliphatic rings. The van der Waals surface area contributed by atoms with Crippen LogP contribution < -0.4 is 5.32 Å². The quantitative estimate of drug-likeness (QED) is 0.806. The maximum Gasteiger partial charge on any atom is 0.0504 e. The van der Waals surface area contributed by atoms with E-state index in [1.54, 1.807) is 0 Å². The van der Waals surface area contributed by atoms with Crippen molar-refractivity contribution in [3.63, 3.8) is 0 Å². The zero-order chi connectivity index (χ0) is 14.4. The maximum atomic E-state index is 9.62. The number of aliphatic hydroxyl groups is 1. The number of aliphatic hydroxyl groups excluding tert-OH is 1. The van der Waals surface area contributed by atoms with Gasteiger partial charge in [0.25, 0.3) is 0 Å². The van der Waals surface area contributed by atoms with E-state index < -0.39 is 0 Å². The summed E-state index contributed by atoms with van der Waals surface area (Å²) in [4.78, 5) is 0. The summed E-state index contributed by atoms with van der Waals surface area (Å²) in [6, 6.07) is 12.4. The van der Waals surface area contributed by atoms with E-state index in [-0.39, 0.29) is 12.0 Å². The summed E-state index contributed by atoms with van der Waals surface area (Å²) in [5.41, 5.74) is 2.21. The molecule has 1 aromatic carbocycles. The largest absolute Gasteiger partial charge is 0.396 e. The highest BCUT2D eigenvalue weighted by atomic mass is 16.3. The molecule has 2 aromatic rings. The molecule has 0 fully saturated rings. The lowest BCUT2D eigenvalue weighted by atomic mass is 9.83. The van der Waals surface area contributed by atoms with Crippen LogP contribution in [0.15, 0.2) is 48.8 Å². The van der Waals surface area contributed by atoms with Crippen molar-refractivity contribution in [3.05, 3.63) is 48.8 Å². The molecule has 1 aromatic heterocycles. The third kappa shape index (κ3) is 3.23. The molecule has 0 aliphatic heterocycles. The molecule has 0 unspecified atom stereocenters. The number of anilines is 1. The minimum absolute atomic E-state index is 0.0244. The molecule has 0 atom stereocenters. The van der Waals surface area contributed by atoms with Gasteiger partial charge in [0.05, 0.1) is 6.61 Å². The zero-order valence-corrected chi connectivity index (χ0v) is 12.3. The number of hydrogen-bond acceptors (Lipinski definition) is 2. The Morgan fingerprint density at radius 3 is 2.40 bits per heavy atom. The third-order valence-electron chi connectivity index (χ3n) is 4.25. The summed E-state index contributed by atoms with van der Waals surface area (Å²) in [7, 11) is 0. The molecule has 0 radical (unpaired) electrons. The van der Waals surface area contributed by atoms with E-state index in [0.29, 0.717) is 0 Å². The van der Waals surface area contributed by atoms with E-state index in [9.17, 15) is 5.11 Å². The molecule has 0 bridgehead atoms. The van der Waals surface area contributed by atoms with E-state index in [2.05, 4.69) is 48.0 Å². The van der Waals surface area contributed by atoms with Gasteiger partial charge in [0, 0.05) is 35.7 Å². The van der Waals surface area contributed by atoms with Crippen LogP contribution in [-0.2, 0) is 0 Å². The van der Waals surface area contributed by atoms with Crippen molar-refractivity contribution in [2.45, 2.75) is 26.7 Å². The van der Waals surface area contributed by atoms with Crippen molar-refractivity contribution in [3.8, 4) is 5.69 Å². The predicted molar refractivity (Wildman–Crippen MR) is 84.4 cm³/mol. The Balaban J connectivity index is 2.09. The van der Waals surface area contributed by atoms with Gasteiger partial charge in [0.1, 0.15) is 0 Å². The Morgan fingerprint density at radius 1 is 1.10 bits per heavy atom. The van der Waals surface area contributed by atoms with Crippen molar-refractivity contribution in [2.75, 3.05) is 18.5 Å². The van der Waals surface area contributed by atoms with Gasteiger partial charge in [-0.3, -0.25) is 0 Å². The van der Waals surface area contributed by atoms with E-state index in [1.165, 1.54) is 0 Å². The van der Waals surface area contributed by atoms with Crippen molar-refractivity contribution in [1.82, 2.24) is 4.57 Å². The first-order valence-corrected chi connectivity index (χ1v) is 7.31. The molecule has 0 saturated heterocycles. The number of rotatable bonds is 7. The number of nitrogens with zero attached hydrogens (tertiary/aromatic N) is 1. The van der Waals surface area contributed by atoms with E-state index in [1.807, 2.05) is 24.5 Å². The molecule has 1 heterocycles. The molecular weight excluding hydrogens is 248 g/mol. The van der Waals surface area contributed by atoms with Crippen molar-refractivity contribution >= 4 is 5.69 Å². The minimum atomic E-state index is -0.0244. The zero-order valence-electron chi connectivity index (χ0n) is 12.3. The smallest absolute Gasteiger partial charge is 0.0504 e. The standard InChI is InChI=1S/C17H24N2O/c1-3-17(4-2,14-20)13-18-15-8-7-9-16(12-15)19-10-5-6-11-19/h5-12,18,20H,3-4,13-14H2,1-2H3. The molecule has 108 valence electrons. The van der Waals surface area contributed by atoms with Crippen LogP contribution in [0, 0.1) is 5.41 Å². The van der Waals surface area contributed by atoms with Gasteiger partial charge >= 0.3 is 0 Å². The Morgan fingerprint density at radius 2 is 1.80 bits per heavy atom. The summed E-state index contributed by atoms with van der Waals surface area (Å²) >= 11 is 0. The van der Waals surface area contributed by atoms with Crippen LogP contribution in [0.4, 0.5) is 5.69 Å². The van der Waals surface area contributed by atoms with Crippen LogP contribution in [0.1, 0.15) is 26.7 Å². The molecule has 3 heteroatoms. The second kappa shape index (κ2) is 6.62. The van der Waals surface area contributed by atoms with Gasteiger partial charge < -0.3 is 15.0 Å². The first-order chi connectivity index (χ1) is 9.73. The fraction of sp³-hybridized carbons (Fsp3) is 0.412. The normalized spacial score (nSPS) is 11.6. The summed E-state index contributed by atoms with van der Waals surface area (Å²) < 4.78 is 2.09. The number of benzene rings is 1. The van der Waals surface area contributed by atoms with Crippen LogP contribution in [0.2, 0.25) is 0 Å². The predicted octanol–water partition coefficient (Wildman–Crippen LogP) is 3.69. The highest BCUT2D eigenvalue weighted by molar-refractivity contribution is 5.51. The van der Waals surface area contributed by atoms with Crippen LogP contribution in [0.25, 0.3) is 5.69 Å². The van der Waals surface area contributed by atoms with Crippen molar-refractivity contribution in [2.24, 2.45) is 5.41 Å². The fourth-order valence-electron chi connectivity index (χ4n) is 2.35. The van der Waals surface area contributed by atoms with Crippen LogP contribution >= 0.6 is 0 Å². The average Bonchev–Trinajstić information content (AvgIpc) is 3.04. The van der Waals surface area contributed by atoms with Gasteiger partial charge in [0.15, 0.2) is 0 Å². The second-order valence-electron chi connectivity index (χ2n) is 5.36. The van der Waals surface area contributed by atoms with Crippen LogP contribution in [-0.4, -0.2) is 22.8 Å². The summed E-state index contributed by atoms with van der Waals surface area (Å²) in [5.74, 6) is 0. The fourth-order valence-corrected chi connectivity index (χ4v) is 2.35. The highest BCUT2D eigenvalue weighted by Crippen LogP contribution is 2.26. The van der Waals surface area contributed by atoms with Crippen LogP contribution in [0.3, 0.4) is 0 Å². The second-order valence-corrected chi connectivity index (χ2v) is 5.36. The molecule has 0 aliphatic carbocycles. The topological polar surface area (TPSA) is 37.2 Å². The summed E-state index contributed by atoms with van der Waals surface area (Å²) in [6.07, 6.45) is 6.03. The lowest BCUT2D eigenvalue weighted by Gasteiger charge is -2.30. The molecule has 0 spiro atoms. The van der Waals surface area contributed by atoms with Gasteiger partial charge in [-0.15, -0.1) is 0 Å². The average molecular weight is 272 g/mol. The van der Waals surface area contributed by atoms with E-state index in [0.717, 1.165) is 30.8 Å². The molecule has 0 saturated carbocycles. The molecule has 0 amide bonds. The Hall–Kier alpha value is -1.74. The SMILES string of the molecule is CCC(CC)(CO)CNc1cccc(-n2cccc2)c1. The minimum Gasteiger partial charge on any atom is -0.396 e. The van der Waals surface area contributed by atoms with Gasteiger partial charge in [0.2, 0.25) is 0 Å². The molecule has 2 N–H and O–H groups in total. The Labute approximate surface area is 121 Å². The van der Waals surface area contributed by atoms with E-state index >= 15 is 0 Å². The molecule has 2 rings (SSSR count). The molecule has 20 heavy (non-hydrogen) atoms. The number of hydrogen-bond donors (Lipinski definition) is 2. The first-order valence-electron chi connectivity index (χ1n) is 7.31. The first kappa shape index (κ1) is 14.7. The van der Waals surface area contributed by atoms with Crippen LogP contribution in [0.5, 0.6) is 0 Å². The number of aromatic nitrogens is 1. The lowest BCUT2D eigenvalue weighted by Crippen LogP contribution is -2.32. The monoisotopic (exact) mass is 272 g/mol. The van der Waals surface area contributed by atoms with Gasteiger partial charge in [-0.25, -0.2) is 0 Å². The van der Waals surface area contributed by atoms with E-state index in [4.69, 9.17) is 0 Å². The van der Waals surface area contributed by atoms with Crippen molar-refractivity contribution in [1.29, 1.82) is 0 Å². The highest BCUT2D eigenvalue weighted by Gasteiger charge is 2.24. The van der Waals surface area contributed by atoms with Crippen molar-refractivity contribution < 1.29 is 5.11 Å². The van der Waals surface area contributed by atoms with Gasteiger partial charge in [-0.1, -0.05) is 19.9 Å². The van der Waals surface area contributed by atoms with Gasteiger partial charge in [-0.2, -0.15) is 0 Å². The molecule has 3 nitrogen and oxygen atoms in total. The maximum absolute atomic E-state index is 9.62. The molecular formula is C17H24N2O. The number of nitrogens with one attached hydrogen (secondary N) is 1. The Kier molecular flexibility index (Phi) is 4.85. The summed E-state index contributed by atoms with van der Waals surface area (Å²) in [6.45, 7) is 5.30. The lowest BCUT2D eigenvalue weighted by molar-refractivity contribution is 0.127. The van der Waals surface area contributed by atoms with Gasteiger partial charge in [-0.05, 0) is 43.2 Å². The Bertz CT molecular complexity index is 507. The summed E-state index contributed by atoms with van der Waals surface area (Å²) in [5, 5.41) is 13.1. The third-order valence-corrected chi connectivity index (χ3v) is 4.25.